The van der Waals surface area contributed by atoms with Crippen LogP contribution in [0.4, 0.5) is 0 Å². The van der Waals surface area contributed by atoms with Crippen molar-refractivity contribution in [3.05, 3.63) is 53.6 Å². The molecule has 0 unspecified atom stereocenters. The zero-order valence-corrected chi connectivity index (χ0v) is 15.7. The molecule has 0 fully saturated rings. The summed E-state index contributed by atoms with van der Waals surface area (Å²) >= 11 is 0. The molecule has 2 amide bonds. The Morgan fingerprint density at radius 2 is 1.30 bits per heavy atom. The molecule has 7 nitrogen and oxygen atoms in total. The molecule has 2 rings (SSSR count). The number of rotatable bonds is 9. The van der Waals surface area contributed by atoms with Gasteiger partial charge in [-0.05, 0) is 43.3 Å². The van der Waals surface area contributed by atoms with E-state index in [2.05, 4.69) is 10.6 Å². The largest absolute Gasteiger partial charge is 0.497 e. The second-order valence-corrected chi connectivity index (χ2v) is 5.57. The maximum Gasteiger partial charge on any atom is 0.251 e. The molecule has 0 saturated heterocycles. The Bertz CT molecular complexity index is 752. The van der Waals surface area contributed by atoms with Crippen molar-refractivity contribution in [2.45, 2.75) is 6.92 Å². The van der Waals surface area contributed by atoms with E-state index in [0.29, 0.717) is 42.3 Å². The molecule has 7 heteroatoms. The molecule has 2 aromatic carbocycles. The fraction of sp³-hybridized carbons (Fsp3) is 0.300. The molecule has 2 aromatic rings. The van der Waals surface area contributed by atoms with Crippen LogP contribution in [0.2, 0.25) is 0 Å². The quantitative estimate of drug-likeness (QED) is 0.660. The lowest BCUT2D eigenvalue weighted by atomic mass is 10.2. The molecule has 0 atom stereocenters. The number of hydrogen-bond acceptors (Lipinski definition) is 5. The first-order chi connectivity index (χ1) is 13.1. The molecule has 0 aliphatic carbocycles. The molecule has 0 radical (unpaired) electrons. The summed E-state index contributed by atoms with van der Waals surface area (Å²) in [5.41, 5.74) is 0.950. The van der Waals surface area contributed by atoms with Crippen molar-refractivity contribution in [2.24, 2.45) is 0 Å². The molecule has 27 heavy (non-hydrogen) atoms. The molecule has 0 aliphatic heterocycles. The van der Waals surface area contributed by atoms with Gasteiger partial charge in [0.1, 0.15) is 17.2 Å². The minimum absolute atomic E-state index is 0.213. The fourth-order valence-electron chi connectivity index (χ4n) is 2.36. The minimum Gasteiger partial charge on any atom is -0.497 e. The van der Waals surface area contributed by atoms with Gasteiger partial charge in [-0.15, -0.1) is 0 Å². The first kappa shape index (κ1) is 20.1. The summed E-state index contributed by atoms with van der Waals surface area (Å²) in [5, 5.41) is 5.51. The number of nitrogens with one attached hydrogen (secondary N) is 2. The van der Waals surface area contributed by atoms with Gasteiger partial charge in [0.25, 0.3) is 11.8 Å². The van der Waals surface area contributed by atoms with Crippen molar-refractivity contribution in [3.63, 3.8) is 0 Å². The molecule has 0 spiro atoms. The van der Waals surface area contributed by atoms with Gasteiger partial charge in [0.2, 0.25) is 0 Å². The van der Waals surface area contributed by atoms with E-state index in [0.717, 1.165) is 5.75 Å². The number of hydrogen-bond donors (Lipinski definition) is 2. The molecular formula is C20H24N2O5. The number of ether oxygens (including phenoxy) is 3. The van der Waals surface area contributed by atoms with Crippen LogP contribution in [-0.4, -0.2) is 45.7 Å². The Morgan fingerprint density at radius 1 is 0.778 bits per heavy atom. The third-order valence-electron chi connectivity index (χ3n) is 3.74. The van der Waals surface area contributed by atoms with Crippen LogP contribution in [0.15, 0.2) is 42.5 Å². The molecule has 0 saturated carbocycles. The van der Waals surface area contributed by atoms with Gasteiger partial charge in [-0.25, -0.2) is 0 Å². The Kier molecular flexibility index (Phi) is 7.49. The second kappa shape index (κ2) is 10.1. The molecule has 0 aromatic heterocycles. The third kappa shape index (κ3) is 5.91. The summed E-state index contributed by atoms with van der Waals surface area (Å²) in [7, 11) is 3.04. The fourth-order valence-corrected chi connectivity index (χ4v) is 2.36. The second-order valence-electron chi connectivity index (χ2n) is 5.57. The Hall–Kier alpha value is -3.22. The third-order valence-corrected chi connectivity index (χ3v) is 3.74. The highest BCUT2D eigenvalue weighted by molar-refractivity contribution is 5.95. The zero-order chi connectivity index (χ0) is 19.6. The predicted octanol–water partition coefficient (Wildman–Crippen LogP) is 2.26. The first-order valence-electron chi connectivity index (χ1n) is 8.59. The standard InChI is InChI=1S/C20H24N2O5/c1-4-27-16-7-5-14(6-8-16)19(23)21-9-10-22-20(24)15-11-17(25-2)13-18(12-15)26-3/h5-8,11-13H,4,9-10H2,1-3H3,(H,21,23)(H,22,24). The lowest BCUT2D eigenvalue weighted by Crippen LogP contribution is -2.34. The van der Waals surface area contributed by atoms with E-state index in [9.17, 15) is 9.59 Å². The van der Waals surface area contributed by atoms with Crippen LogP contribution < -0.4 is 24.8 Å². The first-order valence-corrected chi connectivity index (χ1v) is 8.59. The molecule has 0 bridgehead atoms. The maximum absolute atomic E-state index is 12.2. The molecule has 0 aliphatic rings. The van der Waals surface area contributed by atoms with Crippen LogP contribution >= 0.6 is 0 Å². The van der Waals surface area contributed by atoms with Crippen molar-refractivity contribution in [3.8, 4) is 17.2 Å². The highest BCUT2D eigenvalue weighted by Gasteiger charge is 2.10. The van der Waals surface area contributed by atoms with E-state index >= 15 is 0 Å². The van der Waals surface area contributed by atoms with Gasteiger partial charge in [-0.2, -0.15) is 0 Å². The van der Waals surface area contributed by atoms with E-state index in [1.807, 2.05) is 6.92 Å². The number of methoxy groups -OCH3 is 2. The smallest absolute Gasteiger partial charge is 0.251 e. The van der Waals surface area contributed by atoms with E-state index in [4.69, 9.17) is 14.2 Å². The summed E-state index contributed by atoms with van der Waals surface area (Å²) in [5.74, 6) is 1.29. The minimum atomic E-state index is -0.275. The topological polar surface area (TPSA) is 85.9 Å². The summed E-state index contributed by atoms with van der Waals surface area (Å²) in [6, 6.07) is 11.8. The Labute approximate surface area is 158 Å². The number of benzene rings is 2. The Morgan fingerprint density at radius 3 is 1.78 bits per heavy atom. The summed E-state index contributed by atoms with van der Waals surface area (Å²) in [6.07, 6.45) is 0. The van der Waals surface area contributed by atoms with Crippen LogP contribution in [0.3, 0.4) is 0 Å². The van der Waals surface area contributed by atoms with Gasteiger partial charge >= 0.3 is 0 Å². The lowest BCUT2D eigenvalue weighted by Gasteiger charge is -2.10. The number of amides is 2. The van der Waals surface area contributed by atoms with Crippen molar-refractivity contribution in [1.29, 1.82) is 0 Å². The Balaban J connectivity index is 1.82. The van der Waals surface area contributed by atoms with Gasteiger partial charge in [-0.3, -0.25) is 9.59 Å². The van der Waals surface area contributed by atoms with Crippen LogP contribution in [0.25, 0.3) is 0 Å². The number of carbonyl (C=O) groups excluding carboxylic acids is 2. The highest BCUT2D eigenvalue weighted by Crippen LogP contribution is 2.22. The molecular weight excluding hydrogens is 348 g/mol. The average molecular weight is 372 g/mol. The highest BCUT2D eigenvalue weighted by atomic mass is 16.5. The van der Waals surface area contributed by atoms with Crippen molar-refractivity contribution >= 4 is 11.8 Å². The van der Waals surface area contributed by atoms with Crippen LogP contribution in [0.1, 0.15) is 27.6 Å². The van der Waals surface area contributed by atoms with Crippen molar-refractivity contribution < 1.29 is 23.8 Å². The van der Waals surface area contributed by atoms with E-state index < -0.39 is 0 Å². The predicted molar refractivity (Wildman–Crippen MR) is 102 cm³/mol. The van der Waals surface area contributed by atoms with Gasteiger partial charge < -0.3 is 24.8 Å². The molecule has 0 heterocycles. The van der Waals surface area contributed by atoms with Gasteiger partial charge in [0, 0.05) is 30.3 Å². The normalized spacial score (nSPS) is 10.0. The zero-order valence-electron chi connectivity index (χ0n) is 15.7. The van der Waals surface area contributed by atoms with E-state index in [1.165, 1.54) is 14.2 Å². The van der Waals surface area contributed by atoms with Gasteiger partial charge in [-0.1, -0.05) is 0 Å². The summed E-state index contributed by atoms with van der Waals surface area (Å²) in [4.78, 5) is 24.3. The van der Waals surface area contributed by atoms with E-state index in [-0.39, 0.29) is 11.8 Å². The lowest BCUT2D eigenvalue weighted by molar-refractivity contribution is 0.0927. The summed E-state index contributed by atoms with van der Waals surface area (Å²) in [6.45, 7) is 3.07. The van der Waals surface area contributed by atoms with Crippen molar-refractivity contribution in [2.75, 3.05) is 33.9 Å². The van der Waals surface area contributed by atoms with Gasteiger partial charge in [0.05, 0.1) is 20.8 Å². The maximum atomic E-state index is 12.2. The van der Waals surface area contributed by atoms with Gasteiger partial charge in [0.15, 0.2) is 0 Å². The van der Waals surface area contributed by atoms with Crippen LogP contribution in [0.5, 0.6) is 17.2 Å². The number of carbonyl (C=O) groups is 2. The SMILES string of the molecule is CCOc1ccc(C(=O)NCCNC(=O)c2cc(OC)cc(OC)c2)cc1. The summed E-state index contributed by atoms with van der Waals surface area (Å²) < 4.78 is 15.6. The van der Waals surface area contributed by atoms with E-state index in [1.54, 1.807) is 42.5 Å². The van der Waals surface area contributed by atoms with Crippen LogP contribution in [-0.2, 0) is 0 Å². The molecule has 144 valence electrons. The van der Waals surface area contributed by atoms with Crippen LogP contribution in [0, 0.1) is 0 Å². The monoisotopic (exact) mass is 372 g/mol. The van der Waals surface area contributed by atoms with Crippen molar-refractivity contribution in [1.82, 2.24) is 10.6 Å². The average Bonchev–Trinajstić information content (AvgIpc) is 2.71. The molecule has 2 N–H and O–H groups in total.